The first-order valence-electron chi connectivity index (χ1n) is 5.78. The van der Waals surface area contributed by atoms with Crippen LogP contribution in [0, 0.1) is 5.82 Å². The molecule has 2 unspecified atom stereocenters. The van der Waals surface area contributed by atoms with E-state index >= 15 is 0 Å². The van der Waals surface area contributed by atoms with Gasteiger partial charge in [-0.1, -0.05) is 24.6 Å². The smallest absolute Gasteiger partial charge is 0.151 e. The molecule has 0 N–H and O–H groups in total. The Hall–Kier alpha value is -0.190. The Kier molecular flexibility index (Phi) is 4.98. The molecule has 0 spiro atoms. The van der Waals surface area contributed by atoms with Crippen LogP contribution in [0.1, 0.15) is 12.5 Å². The monoisotopic (exact) mass is 304 g/mol. The van der Waals surface area contributed by atoms with Crippen molar-refractivity contribution < 1.29 is 9.18 Å². The van der Waals surface area contributed by atoms with Crippen LogP contribution in [-0.2, 0) is 11.2 Å². The molecular weight excluding hydrogens is 291 g/mol. The Bertz CT molecular complexity index is 453. The van der Waals surface area contributed by atoms with Crippen molar-refractivity contribution in [3.63, 3.8) is 0 Å². The van der Waals surface area contributed by atoms with Crippen LogP contribution in [0.3, 0.4) is 0 Å². The van der Waals surface area contributed by atoms with Crippen LogP contribution in [0.5, 0.6) is 0 Å². The number of hydrogen-bond donors (Lipinski definition) is 0. The van der Waals surface area contributed by atoms with Crippen molar-refractivity contribution in [3.05, 3.63) is 34.6 Å². The minimum absolute atomic E-state index is 0.0301. The summed E-state index contributed by atoms with van der Waals surface area (Å²) in [6.07, 6.45) is 0.288. The van der Waals surface area contributed by atoms with Crippen LogP contribution in [0.4, 0.5) is 4.39 Å². The average molecular weight is 305 g/mol. The van der Waals surface area contributed by atoms with Crippen molar-refractivity contribution in [3.8, 4) is 0 Å². The highest BCUT2D eigenvalue weighted by Crippen LogP contribution is 2.32. The maximum absolute atomic E-state index is 13.3. The maximum Gasteiger partial charge on any atom is 0.151 e. The van der Waals surface area contributed by atoms with Gasteiger partial charge in [0.25, 0.3) is 0 Å². The largest absolute Gasteiger partial charge is 0.298 e. The highest BCUT2D eigenvalue weighted by molar-refractivity contribution is 8.07. The van der Waals surface area contributed by atoms with Crippen LogP contribution < -0.4 is 0 Å². The van der Waals surface area contributed by atoms with E-state index < -0.39 is 5.82 Å². The Morgan fingerprint density at radius 3 is 2.83 bits per heavy atom. The van der Waals surface area contributed by atoms with Crippen molar-refractivity contribution in [1.29, 1.82) is 0 Å². The molecule has 0 aliphatic carbocycles. The number of halogens is 2. The minimum atomic E-state index is -0.458. The van der Waals surface area contributed by atoms with Gasteiger partial charge in [0.1, 0.15) is 5.82 Å². The topological polar surface area (TPSA) is 17.1 Å². The first-order chi connectivity index (χ1) is 8.58. The minimum Gasteiger partial charge on any atom is -0.298 e. The average Bonchev–Trinajstić information content (AvgIpc) is 2.34. The Morgan fingerprint density at radius 1 is 1.44 bits per heavy atom. The van der Waals surface area contributed by atoms with Crippen LogP contribution in [0.2, 0.25) is 5.02 Å². The van der Waals surface area contributed by atoms with Crippen molar-refractivity contribution in [2.45, 2.75) is 23.8 Å². The molecule has 0 radical (unpaired) electrons. The Balaban J connectivity index is 2.04. The molecule has 1 aromatic rings. The van der Waals surface area contributed by atoms with E-state index in [2.05, 4.69) is 6.92 Å². The van der Waals surface area contributed by atoms with Crippen LogP contribution >= 0.6 is 35.1 Å². The standard InChI is InChI=1S/C13H14ClFOS2/c1-8-13(18-5-4-17-8)12(16)7-9-2-3-10(14)11(15)6-9/h2-3,6,8,13H,4-5,7H2,1H3. The summed E-state index contributed by atoms with van der Waals surface area (Å²) in [5, 5.41) is 0.470. The van der Waals surface area contributed by atoms with Crippen molar-refractivity contribution in [2.24, 2.45) is 0 Å². The number of Topliss-reactive ketones (excluding diaryl/α,β-unsaturated/α-hetero) is 1. The van der Waals surface area contributed by atoms with Crippen LogP contribution in [-0.4, -0.2) is 27.8 Å². The van der Waals surface area contributed by atoms with E-state index in [9.17, 15) is 9.18 Å². The molecule has 0 amide bonds. The Morgan fingerprint density at radius 2 is 2.17 bits per heavy atom. The first kappa shape index (κ1) is 14.2. The van der Waals surface area contributed by atoms with Crippen molar-refractivity contribution in [2.75, 3.05) is 11.5 Å². The van der Waals surface area contributed by atoms with Gasteiger partial charge in [-0.3, -0.25) is 4.79 Å². The molecule has 1 aliphatic rings. The molecule has 1 fully saturated rings. The normalized spacial score (nSPS) is 23.9. The van der Waals surface area contributed by atoms with E-state index in [0.717, 1.165) is 11.5 Å². The van der Waals surface area contributed by atoms with Gasteiger partial charge in [-0.05, 0) is 17.7 Å². The molecule has 98 valence electrons. The second kappa shape index (κ2) is 6.31. The molecule has 2 rings (SSSR count). The summed E-state index contributed by atoms with van der Waals surface area (Å²) in [6.45, 7) is 2.09. The SMILES string of the molecule is CC1SCCSC1C(=O)Cc1ccc(Cl)c(F)c1. The van der Waals surface area contributed by atoms with Crippen molar-refractivity contribution in [1.82, 2.24) is 0 Å². The number of carbonyl (C=O) groups excluding carboxylic acids is 1. The van der Waals surface area contributed by atoms with Gasteiger partial charge in [0.15, 0.2) is 5.78 Å². The zero-order chi connectivity index (χ0) is 13.1. The molecule has 1 nitrogen and oxygen atoms in total. The number of rotatable bonds is 3. The lowest BCUT2D eigenvalue weighted by Crippen LogP contribution is -2.32. The van der Waals surface area contributed by atoms with E-state index in [1.807, 2.05) is 11.8 Å². The van der Waals surface area contributed by atoms with E-state index in [4.69, 9.17) is 11.6 Å². The lowest BCUT2D eigenvalue weighted by atomic mass is 10.1. The molecule has 1 aromatic carbocycles. The highest BCUT2D eigenvalue weighted by atomic mass is 35.5. The van der Waals surface area contributed by atoms with Gasteiger partial charge in [-0.2, -0.15) is 11.8 Å². The lowest BCUT2D eigenvalue weighted by Gasteiger charge is -2.26. The number of benzene rings is 1. The summed E-state index contributed by atoms with van der Waals surface area (Å²) in [5.74, 6) is 1.84. The molecule has 5 heteroatoms. The third-order valence-electron chi connectivity index (χ3n) is 2.87. The molecule has 1 heterocycles. The molecule has 1 saturated heterocycles. The fourth-order valence-corrected chi connectivity index (χ4v) is 4.79. The molecule has 0 bridgehead atoms. The summed E-state index contributed by atoms with van der Waals surface area (Å²) in [5.41, 5.74) is 0.699. The van der Waals surface area contributed by atoms with Gasteiger partial charge in [-0.25, -0.2) is 4.39 Å². The quantitative estimate of drug-likeness (QED) is 0.845. The number of ketones is 1. The molecule has 2 atom stereocenters. The predicted octanol–water partition coefficient (Wildman–Crippen LogP) is 3.83. The maximum atomic E-state index is 13.3. The zero-order valence-corrected chi connectivity index (χ0v) is 12.4. The van der Waals surface area contributed by atoms with E-state index in [1.165, 1.54) is 12.1 Å². The van der Waals surface area contributed by atoms with Crippen LogP contribution in [0.15, 0.2) is 18.2 Å². The molecular formula is C13H14ClFOS2. The van der Waals surface area contributed by atoms with Gasteiger partial charge < -0.3 is 0 Å². The molecule has 0 saturated carbocycles. The summed E-state index contributed by atoms with van der Waals surface area (Å²) in [7, 11) is 0. The van der Waals surface area contributed by atoms with E-state index in [0.29, 0.717) is 10.8 Å². The van der Waals surface area contributed by atoms with Gasteiger partial charge in [0.2, 0.25) is 0 Å². The number of carbonyl (C=O) groups is 1. The number of thioether (sulfide) groups is 2. The van der Waals surface area contributed by atoms with E-state index in [-0.39, 0.29) is 22.5 Å². The van der Waals surface area contributed by atoms with Gasteiger partial charge in [0, 0.05) is 23.2 Å². The van der Waals surface area contributed by atoms with E-state index in [1.54, 1.807) is 17.8 Å². The summed E-state index contributed by atoms with van der Waals surface area (Å²) in [6, 6.07) is 4.58. The zero-order valence-electron chi connectivity index (χ0n) is 9.99. The fraction of sp³-hybridized carbons (Fsp3) is 0.462. The molecule has 18 heavy (non-hydrogen) atoms. The summed E-state index contributed by atoms with van der Waals surface area (Å²) in [4.78, 5) is 12.2. The number of hydrogen-bond acceptors (Lipinski definition) is 3. The van der Waals surface area contributed by atoms with Gasteiger partial charge >= 0.3 is 0 Å². The van der Waals surface area contributed by atoms with Gasteiger partial charge in [0.05, 0.1) is 10.3 Å². The fourth-order valence-electron chi connectivity index (χ4n) is 1.94. The third kappa shape index (κ3) is 3.43. The molecule has 1 aliphatic heterocycles. The second-order valence-corrected chi connectivity index (χ2v) is 7.40. The second-order valence-electron chi connectivity index (χ2n) is 4.26. The Labute approximate surface area is 120 Å². The molecule has 0 aromatic heterocycles. The highest BCUT2D eigenvalue weighted by Gasteiger charge is 2.28. The third-order valence-corrected chi connectivity index (χ3v) is 6.31. The lowest BCUT2D eigenvalue weighted by molar-refractivity contribution is -0.117. The van der Waals surface area contributed by atoms with Gasteiger partial charge in [-0.15, -0.1) is 11.8 Å². The van der Waals surface area contributed by atoms with Crippen LogP contribution in [0.25, 0.3) is 0 Å². The van der Waals surface area contributed by atoms with Crippen molar-refractivity contribution >= 4 is 40.9 Å². The summed E-state index contributed by atoms with van der Waals surface area (Å²) >= 11 is 9.17. The summed E-state index contributed by atoms with van der Waals surface area (Å²) < 4.78 is 13.3. The first-order valence-corrected chi connectivity index (χ1v) is 8.25. The predicted molar refractivity (Wildman–Crippen MR) is 78.3 cm³/mol.